The van der Waals surface area contributed by atoms with Crippen molar-refractivity contribution in [2.75, 3.05) is 26.3 Å². The number of carbonyl (C=O) groups excluding carboxylic acids is 1. The molecule has 1 amide bonds. The lowest BCUT2D eigenvalue weighted by molar-refractivity contribution is -0.193. The average molecular weight is 595 g/mol. The number of carboxylic acids is 2. The molecular formula is C25H27F6N3O7. The number of hydrogen-bond donors (Lipinski definition) is 2. The molecule has 0 aromatic carbocycles. The zero-order valence-corrected chi connectivity index (χ0v) is 21.6. The number of amides is 1. The van der Waals surface area contributed by atoms with Crippen LogP contribution < -0.4 is 0 Å². The first kappa shape index (κ1) is 33.4. The molecule has 0 aliphatic carbocycles. The molecule has 16 heteroatoms. The fourth-order valence-corrected chi connectivity index (χ4v) is 3.97. The molecule has 0 spiro atoms. The molecule has 226 valence electrons. The number of hydrogen-bond acceptors (Lipinski definition) is 7. The van der Waals surface area contributed by atoms with Crippen LogP contribution in [0.15, 0.2) is 42.7 Å². The van der Waals surface area contributed by atoms with E-state index in [4.69, 9.17) is 29.3 Å². The standard InChI is InChI=1S/C21H25N3O3.2C2HF3O2/c1-15-5-8-23-19(10-15)21(25)24-11-18-16(13-27-20(18)12-24)6-9-26-14-17-4-2-3-7-22-17;2*3-2(4,5)1(6)7/h2-5,7-8,10,16,18,20H,6,9,11-14H2,1H3;2*(H,6,7)/t16-,18-,20-;;/m0../s1. The largest absolute Gasteiger partial charge is 0.490 e. The van der Waals surface area contributed by atoms with Crippen molar-refractivity contribution in [2.45, 2.75) is 38.4 Å². The van der Waals surface area contributed by atoms with Gasteiger partial charge in [-0.1, -0.05) is 6.07 Å². The minimum Gasteiger partial charge on any atom is -0.475 e. The third-order valence-electron chi connectivity index (χ3n) is 5.95. The van der Waals surface area contributed by atoms with Gasteiger partial charge in [-0.2, -0.15) is 26.3 Å². The Labute approximate surface area is 229 Å². The molecule has 2 N–H and O–H groups in total. The number of pyridine rings is 2. The number of aromatic nitrogens is 2. The maximum atomic E-state index is 12.7. The molecule has 2 aromatic rings. The third kappa shape index (κ3) is 11.0. The van der Waals surface area contributed by atoms with E-state index in [0.29, 0.717) is 37.3 Å². The molecule has 2 fully saturated rings. The van der Waals surface area contributed by atoms with Gasteiger partial charge in [-0.25, -0.2) is 9.59 Å². The molecule has 10 nitrogen and oxygen atoms in total. The van der Waals surface area contributed by atoms with Crippen molar-refractivity contribution in [1.29, 1.82) is 0 Å². The number of aliphatic carboxylic acids is 2. The number of alkyl halides is 6. The Hall–Kier alpha value is -3.79. The zero-order chi connectivity index (χ0) is 30.8. The Morgan fingerprint density at radius 3 is 2.17 bits per heavy atom. The second kappa shape index (κ2) is 14.7. The van der Waals surface area contributed by atoms with Gasteiger partial charge in [0.2, 0.25) is 0 Å². The van der Waals surface area contributed by atoms with E-state index in [-0.39, 0.29) is 12.0 Å². The predicted octanol–water partition coefficient (Wildman–Crippen LogP) is 3.75. The molecule has 4 rings (SSSR count). The second-order valence-corrected chi connectivity index (χ2v) is 8.99. The second-order valence-electron chi connectivity index (χ2n) is 8.99. The Bertz CT molecular complexity index is 1140. The molecular weight excluding hydrogens is 568 g/mol. The van der Waals surface area contributed by atoms with Crippen molar-refractivity contribution < 1.29 is 60.4 Å². The highest BCUT2D eigenvalue weighted by molar-refractivity contribution is 5.92. The van der Waals surface area contributed by atoms with Crippen LogP contribution in [0.4, 0.5) is 26.3 Å². The van der Waals surface area contributed by atoms with Crippen LogP contribution in [0.1, 0.15) is 28.2 Å². The fraction of sp³-hybridized carbons (Fsp3) is 0.480. The number of carboxylic acid groups (broad SMARTS) is 2. The highest BCUT2D eigenvalue weighted by atomic mass is 19.4. The lowest BCUT2D eigenvalue weighted by Gasteiger charge is -2.19. The molecule has 0 unspecified atom stereocenters. The summed E-state index contributed by atoms with van der Waals surface area (Å²) in [5, 5.41) is 14.2. The van der Waals surface area contributed by atoms with E-state index >= 15 is 0 Å². The van der Waals surface area contributed by atoms with E-state index in [1.165, 1.54) is 0 Å². The van der Waals surface area contributed by atoms with Crippen LogP contribution in [-0.2, 0) is 25.7 Å². The first-order chi connectivity index (χ1) is 19.1. The zero-order valence-electron chi connectivity index (χ0n) is 21.6. The summed E-state index contributed by atoms with van der Waals surface area (Å²) in [5.74, 6) is -4.69. The first-order valence-corrected chi connectivity index (χ1v) is 12.0. The number of halogens is 6. The fourth-order valence-electron chi connectivity index (χ4n) is 3.97. The van der Waals surface area contributed by atoms with Crippen molar-refractivity contribution in [3.63, 3.8) is 0 Å². The number of ether oxygens (including phenoxy) is 2. The first-order valence-electron chi connectivity index (χ1n) is 12.0. The molecule has 3 atom stereocenters. The van der Waals surface area contributed by atoms with Crippen LogP contribution in [-0.4, -0.2) is 87.7 Å². The molecule has 4 heterocycles. The summed E-state index contributed by atoms with van der Waals surface area (Å²) in [6.45, 7) is 5.34. The number of carbonyl (C=O) groups is 3. The van der Waals surface area contributed by atoms with E-state index in [2.05, 4.69) is 9.97 Å². The molecule has 2 saturated heterocycles. The van der Waals surface area contributed by atoms with Crippen LogP contribution in [0, 0.1) is 18.8 Å². The smallest absolute Gasteiger partial charge is 0.475 e. The summed E-state index contributed by atoms with van der Waals surface area (Å²) in [5.41, 5.74) is 2.51. The van der Waals surface area contributed by atoms with Gasteiger partial charge in [-0.05, 0) is 49.1 Å². The molecule has 2 aliphatic rings. The van der Waals surface area contributed by atoms with E-state index in [9.17, 15) is 31.1 Å². The highest BCUT2D eigenvalue weighted by Gasteiger charge is 2.45. The summed E-state index contributed by atoms with van der Waals surface area (Å²) in [7, 11) is 0. The Kier molecular flexibility index (Phi) is 12.0. The van der Waals surface area contributed by atoms with E-state index < -0.39 is 24.3 Å². The molecule has 0 bridgehead atoms. The van der Waals surface area contributed by atoms with Crippen molar-refractivity contribution in [3.8, 4) is 0 Å². The van der Waals surface area contributed by atoms with E-state index in [1.807, 2.05) is 42.2 Å². The maximum Gasteiger partial charge on any atom is 0.490 e. The highest BCUT2D eigenvalue weighted by Crippen LogP contribution is 2.36. The van der Waals surface area contributed by atoms with Crippen LogP contribution >= 0.6 is 0 Å². The van der Waals surface area contributed by atoms with Gasteiger partial charge < -0.3 is 24.6 Å². The normalized spacial score (nSPS) is 19.8. The van der Waals surface area contributed by atoms with Gasteiger partial charge in [0, 0.05) is 38.0 Å². The number of rotatable bonds is 6. The minimum atomic E-state index is -5.08. The van der Waals surface area contributed by atoms with E-state index in [1.54, 1.807) is 12.4 Å². The molecule has 0 saturated carbocycles. The van der Waals surface area contributed by atoms with Crippen molar-refractivity contribution in [2.24, 2.45) is 11.8 Å². The Balaban J connectivity index is 0.000000349. The van der Waals surface area contributed by atoms with Crippen molar-refractivity contribution in [3.05, 3.63) is 59.7 Å². The monoisotopic (exact) mass is 595 g/mol. The van der Waals surface area contributed by atoms with Crippen LogP contribution in [0.25, 0.3) is 0 Å². The quantitative estimate of drug-likeness (QED) is 0.378. The van der Waals surface area contributed by atoms with Gasteiger partial charge in [-0.3, -0.25) is 14.8 Å². The van der Waals surface area contributed by atoms with Crippen LogP contribution in [0.5, 0.6) is 0 Å². The lowest BCUT2D eigenvalue weighted by atomic mass is 9.91. The van der Waals surface area contributed by atoms with Crippen LogP contribution in [0.3, 0.4) is 0 Å². The van der Waals surface area contributed by atoms with Gasteiger partial charge in [0.15, 0.2) is 0 Å². The van der Waals surface area contributed by atoms with Gasteiger partial charge in [-0.15, -0.1) is 0 Å². The predicted molar refractivity (Wildman–Crippen MR) is 127 cm³/mol. The summed E-state index contributed by atoms with van der Waals surface area (Å²) in [4.78, 5) is 40.9. The number of likely N-dealkylation sites (tertiary alicyclic amines) is 1. The van der Waals surface area contributed by atoms with Gasteiger partial charge in [0.1, 0.15) is 5.69 Å². The van der Waals surface area contributed by atoms with Gasteiger partial charge in [0.25, 0.3) is 5.91 Å². The molecule has 41 heavy (non-hydrogen) atoms. The summed E-state index contributed by atoms with van der Waals surface area (Å²) < 4.78 is 75.2. The molecule has 2 aliphatic heterocycles. The summed E-state index contributed by atoms with van der Waals surface area (Å²) in [6, 6.07) is 9.58. The van der Waals surface area contributed by atoms with Gasteiger partial charge >= 0.3 is 24.3 Å². The molecule has 0 radical (unpaired) electrons. The SMILES string of the molecule is Cc1ccnc(C(=O)N2C[C@H]3[C@@H](CCOCc4ccccn4)CO[C@H]3C2)c1.O=C(O)C(F)(F)F.O=C(O)C(F)(F)F. The summed E-state index contributed by atoms with van der Waals surface area (Å²) >= 11 is 0. The number of fused-ring (bicyclic) bond motifs is 1. The topological polar surface area (TPSA) is 139 Å². The summed E-state index contributed by atoms with van der Waals surface area (Å²) in [6.07, 6.45) is -5.61. The molecule has 2 aromatic heterocycles. The average Bonchev–Trinajstić information content (AvgIpc) is 3.48. The lowest BCUT2D eigenvalue weighted by Crippen LogP contribution is -2.32. The minimum absolute atomic E-state index is 0.00171. The van der Waals surface area contributed by atoms with E-state index in [0.717, 1.165) is 30.8 Å². The van der Waals surface area contributed by atoms with Crippen molar-refractivity contribution >= 4 is 17.8 Å². The van der Waals surface area contributed by atoms with Crippen LogP contribution in [0.2, 0.25) is 0 Å². The Morgan fingerprint density at radius 2 is 1.63 bits per heavy atom. The Morgan fingerprint density at radius 1 is 1.00 bits per heavy atom. The van der Waals surface area contributed by atoms with Gasteiger partial charge in [0.05, 0.1) is 25.0 Å². The third-order valence-corrected chi connectivity index (χ3v) is 5.95. The van der Waals surface area contributed by atoms with Crippen molar-refractivity contribution in [1.82, 2.24) is 14.9 Å². The number of nitrogens with zero attached hydrogens (tertiary/aromatic N) is 3. The number of aryl methyl sites for hydroxylation is 1. The maximum absolute atomic E-state index is 12.7.